The molecule has 2 heterocycles. The standard InChI is InChI=1S/C28H28FN3O4/c1-17-26(16-36-31-17)19-3-8-25-20(13-19)9-10-32(28(25)34)15-18-11-21(14-22(29)12-18)27(33)30-23-4-6-24(35-2)7-5-23/h3,8-14,16,23-24H,4-7,15H2,1-2H3,(H,30,33)/t23-,24-. The number of hydrogen-bond donors (Lipinski definition) is 1. The molecule has 1 saturated carbocycles. The summed E-state index contributed by atoms with van der Waals surface area (Å²) < 4.78 is 26.4. The van der Waals surface area contributed by atoms with Crippen LogP contribution in [0, 0.1) is 12.7 Å². The maximum atomic E-state index is 14.4. The van der Waals surface area contributed by atoms with E-state index in [2.05, 4.69) is 10.5 Å². The molecule has 0 aliphatic heterocycles. The summed E-state index contributed by atoms with van der Waals surface area (Å²) >= 11 is 0. The lowest BCUT2D eigenvalue weighted by Gasteiger charge is -2.28. The van der Waals surface area contributed by atoms with Gasteiger partial charge in [-0.3, -0.25) is 9.59 Å². The van der Waals surface area contributed by atoms with Crippen molar-refractivity contribution < 1.29 is 18.4 Å². The van der Waals surface area contributed by atoms with Gasteiger partial charge in [0.2, 0.25) is 0 Å². The third-order valence-corrected chi connectivity index (χ3v) is 6.95. The van der Waals surface area contributed by atoms with Gasteiger partial charge < -0.3 is 19.1 Å². The molecule has 2 aromatic heterocycles. The van der Waals surface area contributed by atoms with Gasteiger partial charge in [0.1, 0.15) is 12.1 Å². The molecular weight excluding hydrogens is 461 g/mol. The van der Waals surface area contributed by atoms with E-state index >= 15 is 0 Å². The summed E-state index contributed by atoms with van der Waals surface area (Å²) in [4.78, 5) is 26.0. The van der Waals surface area contributed by atoms with Crippen molar-refractivity contribution in [2.24, 2.45) is 0 Å². The van der Waals surface area contributed by atoms with Crippen molar-refractivity contribution in [3.05, 3.63) is 87.9 Å². The number of nitrogens with one attached hydrogen (secondary N) is 1. The van der Waals surface area contributed by atoms with Gasteiger partial charge in [0.15, 0.2) is 0 Å². The Hall–Kier alpha value is -3.78. The minimum absolute atomic E-state index is 0.0465. The second kappa shape index (κ2) is 10.1. The fourth-order valence-electron chi connectivity index (χ4n) is 4.93. The van der Waals surface area contributed by atoms with Crippen LogP contribution in [-0.4, -0.2) is 34.9 Å². The molecule has 7 nitrogen and oxygen atoms in total. The van der Waals surface area contributed by atoms with Crippen molar-refractivity contribution in [3.63, 3.8) is 0 Å². The SMILES string of the molecule is CO[C@H]1CC[C@H](NC(=O)c2cc(F)cc(Cn3ccc4cc(-c5conc5C)ccc4c3=O)c2)CC1. The minimum atomic E-state index is -0.511. The number of nitrogens with zero attached hydrogens (tertiary/aromatic N) is 2. The molecule has 0 unspecified atom stereocenters. The van der Waals surface area contributed by atoms with Crippen molar-refractivity contribution >= 4 is 16.7 Å². The molecule has 0 atom stereocenters. The van der Waals surface area contributed by atoms with Crippen molar-refractivity contribution in [1.82, 2.24) is 15.0 Å². The molecule has 186 valence electrons. The number of carbonyl (C=O) groups excluding carboxylic acids is 1. The van der Waals surface area contributed by atoms with Gasteiger partial charge in [0, 0.05) is 35.9 Å². The zero-order valence-corrected chi connectivity index (χ0v) is 20.3. The zero-order valence-electron chi connectivity index (χ0n) is 20.3. The van der Waals surface area contributed by atoms with Crippen LogP contribution in [0.4, 0.5) is 4.39 Å². The smallest absolute Gasteiger partial charge is 0.258 e. The Kier molecular flexibility index (Phi) is 6.69. The van der Waals surface area contributed by atoms with E-state index in [9.17, 15) is 14.0 Å². The van der Waals surface area contributed by atoms with Gasteiger partial charge >= 0.3 is 0 Å². The molecule has 0 saturated heterocycles. The highest BCUT2D eigenvalue weighted by atomic mass is 19.1. The highest BCUT2D eigenvalue weighted by Crippen LogP contribution is 2.26. The maximum Gasteiger partial charge on any atom is 0.258 e. The summed E-state index contributed by atoms with van der Waals surface area (Å²) in [5.41, 5.74) is 3.17. The van der Waals surface area contributed by atoms with Gasteiger partial charge in [-0.15, -0.1) is 0 Å². The predicted octanol–water partition coefficient (Wildman–Crippen LogP) is 4.84. The van der Waals surface area contributed by atoms with Crippen molar-refractivity contribution in [2.75, 3.05) is 7.11 Å². The quantitative estimate of drug-likeness (QED) is 0.419. The number of methoxy groups -OCH3 is 1. The summed E-state index contributed by atoms with van der Waals surface area (Å²) in [5.74, 6) is -0.817. The average Bonchev–Trinajstić information content (AvgIpc) is 3.31. The maximum absolute atomic E-state index is 14.4. The van der Waals surface area contributed by atoms with Crippen LogP contribution in [0.25, 0.3) is 21.9 Å². The van der Waals surface area contributed by atoms with Gasteiger partial charge in [-0.2, -0.15) is 0 Å². The van der Waals surface area contributed by atoms with Crippen LogP contribution in [0.5, 0.6) is 0 Å². The Bertz CT molecular complexity index is 1470. The number of carbonyl (C=O) groups is 1. The molecule has 2 aromatic carbocycles. The lowest BCUT2D eigenvalue weighted by atomic mass is 9.92. The molecule has 1 aliphatic rings. The van der Waals surface area contributed by atoms with E-state index in [4.69, 9.17) is 9.26 Å². The molecule has 36 heavy (non-hydrogen) atoms. The molecule has 1 N–H and O–H groups in total. The van der Waals surface area contributed by atoms with E-state index < -0.39 is 5.82 Å². The Labute approximate surface area is 207 Å². The fraction of sp³-hybridized carbons (Fsp3) is 0.321. The lowest BCUT2D eigenvalue weighted by molar-refractivity contribution is 0.0599. The largest absolute Gasteiger partial charge is 0.381 e. The number of benzene rings is 2. The monoisotopic (exact) mass is 489 g/mol. The molecule has 5 rings (SSSR count). The predicted molar refractivity (Wildman–Crippen MR) is 134 cm³/mol. The number of fused-ring (bicyclic) bond motifs is 1. The Morgan fingerprint density at radius 1 is 1.17 bits per heavy atom. The van der Waals surface area contributed by atoms with Crippen LogP contribution in [0.15, 0.2) is 64.2 Å². The van der Waals surface area contributed by atoms with Crippen LogP contribution in [-0.2, 0) is 11.3 Å². The molecular formula is C28H28FN3O4. The van der Waals surface area contributed by atoms with Crippen molar-refractivity contribution in [3.8, 4) is 11.1 Å². The van der Waals surface area contributed by atoms with Crippen LogP contribution in [0.2, 0.25) is 0 Å². The zero-order chi connectivity index (χ0) is 25.2. The number of ether oxygens (including phenoxy) is 1. The molecule has 1 fully saturated rings. The summed E-state index contributed by atoms with van der Waals surface area (Å²) in [5, 5.41) is 8.27. The van der Waals surface area contributed by atoms with Crippen LogP contribution >= 0.6 is 0 Å². The van der Waals surface area contributed by atoms with Crippen LogP contribution < -0.4 is 10.9 Å². The number of aryl methyl sites for hydroxylation is 1. The van der Waals surface area contributed by atoms with Gasteiger partial charge in [-0.25, -0.2) is 4.39 Å². The summed E-state index contributed by atoms with van der Waals surface area (Å²) in [6, 6.07) is 11.7. The third kappa shape index (κ3) is 4.95. The van der Waals surface area contributed by atoms with Gasteiger partial charge in [-0.05, 0) is 85.5 Å². The first-order valence-electron chi connectivity index (χ1n) is 12.1. The number of hydrogen-bond acceptors (Lipinski definition) is 5. The molecule has 0 radical (unpaired) electrons. The van der Waals surface area contributed by atoms with Gasteiger partial charge in [-0.1, -0.05) is 11.2 Å². The summed E-state index contributed by atoms with van der Waals surface area (Å²) in [7, 11) is 1.70. The number of pyridine rings is 1. The fourth-order valence-corrected chi connectivity index (χ4v) is 4.93. The first kappa shape index (κ1) is 23.9. The second-order valence-electron chi connectivity index (χ2n) is 9.40. The molecule has 1 aliphatic carbocycles. The third-order valence-electron chi connectivity index (χ3n) is 6.95. The van der Waals surface area contributed by atoms with Crippen LogP contribution in [0.3, 0.4) is 0 Å². The normalized spacial score (nSPS) is 17.9. The van der Waals surface area contributed by atoms with E-state index in [1.807, 2.05) is 25.1 Å². The van der Waals surface area contributed by atoms with Crippen molar-refractivity contribution in [1.29, 1.82) is 0 Å². The Morgan fingerprint density at radius 3 is 2.69 bits per heavy atom. The molecule has 4 aromatic rings. The highest BCUT2D eigenvalue weighted by molar-refractivity contribution is 5.94. The van der Waals surface area contributed by atoms with E-state index in [-0.39, 0.29) is 35.7 Å². The van der Waals surface area contributed by atoms with Gasteiger partial charge in [0.25, 0.3) is 11.5 Å². The molecule has 8 heteroatoms. The van der Waals surface area contributed by atoms with E-state index in [1.54, 1.807) is 31.7 Å². The summed E-state index contributed by atoms with van der Waals surface area (Å²) in [6.45, 7) is 2.01. The van der Waals surface area contributed by atoms with Crippen molar-refractivity contribution in [2.45, 2.75) is 51.3 Å². The summed E-state index contributed by atoms with van der Waals surface area (Å²) in [6.07, 6.45) is 6.95. The second-order valence-corrected chi connectivity index (χ2v) is 9.40. The van der Waals surface area contributed by atoms with Crippen LogP contribution in [0.1, 0.15) is 47.3 Å². The molecule has 1 amide bonds. The van der Waals surface area contributed by atoms with E-state index in [1.165, 1.54) is 16.7 Å². The molecule has 0 spiro atoms. The average molecular weight is 490 g/mol. The number of halogens is 1. The van der Waals surface area contributed by atoms with Gasteiger partial charge in [0.05, 0.1) is 18.3 Å². The minimum Gasteiger partial charge on any atom is -0.381 e. The number of amides is 1. The highest BCUT2D eigenvalue weighted by Gasteiger charge is 2.23. The Morgan fingerprint density at radius 2 is 1.97 bits per heavy atom. The molecule has 0 bridgehead atoms. The Balaban J connectivity index is 1.35. The first-order chi connectivity index (χ1) is 17.4. The van der Waals surface area contributed by atoms with E-state index in [0.29, 0.717) is 10.9 Å². The topological polar surface area (TPSA) is 86.4 Å². The van der Waals surface area contributed by atoms with E-state index in [0.717, 1.165) is 47.9 Å². The number of aromatic nitrogens is 2. The lowest BCUT2D eigenvalue weighted by Crippen LogP contribution is -2.39. The first-order valence-corrected chi connectivity index (χ1v) is 12.1. The number of rotatable bonds is 6.